The first-order valence-electron chi connectivity index (χ1n) is 12.2. The lowest BCUT2D eigenvalue weighted by atomic mass is 9.80. The molecule has 1 saturated heterocycles. The summed E-state index contributed by atoms with van der Waals surface area (Å²) in [5, 5.41) is 16.0. The minimum absolute atomic E-state index is 0.113. The van der Waals surface area contributed by atoms with Crippen LogP contribution in [0.2, 0.25) is 0 Å². The zero-order valence-electron chi connectivity index (χ0n) is 20.3. The second-order valence-corrected chi connectivity index (χ2v) is 9.88. The number of para-hydroxylation sites is 1. The highest BCUT2D eigenvalue weighted by Crippen LogP contribution is 2.45. The molecule has 3 aromatic rings. The number of methoxy groups -OCH3 is 1. The van der Waals surface area contributed by atoms with Gasteiger partial charge in [0, 0.05) is 19.0 Å². The first kappa shape index (κ1) is 24.5. The standard InChI is InChI=1S/C26H29F3N4O3/c1-25(35,26(27,28)29)17-11-13-32(14-12-17)20-15-19(24(34)36-2)30-23-21(20)22(16-7-6-8-16)31-33(23)18-9-4-3-5-10-18/h3-5,9-10,15-17,35H,6-8,11-14H2,1-2H3. The molecule has 1 atom stereocenters. The van der Waals surface area contributed by atoms with E-state index in [1.54, 1.807) is 10.7 Å². The van der Waals surface area contributed by atoms with Crippen molar-refractivity contribution >= 4 is 22.7 Å². The van der Waals surface area contributed by atoms with Crippen molar-refractivity contribution in [1.82, 2.24) is 14.8 Å². The first-order valence-corrected chi connectivity index (χ1v) is 12.2. The minimum atomic E-state index is -4.70. The van der Waals surface area contributed by atoms with E-state index < -0.39 is 23.7 Å². The van der Waals surface area contributed by atoms with E-state index in [-0.39, 0.29) is 24.5 Å². The molecule has 7 nitrogen and oxygen atoms in total. The van der Waals surface area contributed by atoms with Gasteiger partial charge in [-0.1, -0.05) is 24.6 Å². The van der Waals surface area contributed by atoms with E-state index in [1.807, 2.05) is 35.2 Å². The Morgan fingerprint density at radius 1 is 1.11 bits per heavy atom. The van der Waals surface area contributed by atoms with Gasteiger partial charge in [0.05, 0.1) is 29.6 Å². The van der Waals surface area contributed by atoms with Gasteiger partial charge in [-0.05, 0) is 56.7 Å². The highest BCUT2D eigenvalue weighted by atomic mass is 19.4. The van der Waals surface area contributed by atoms with Crippen molar-refractivity contribution < 1.29 is 27.8 Å². The number of ether oxygens (including phenoxy) is 1. The number of aliphatic hydroxyl groups is 1. The molecule has 192 valence electrons. The Balaban J connectivity index is 1.61. The Morgan fingerprint density at radius 3 is 2.33 bits per heavy atom. The van der Waals surface area contributed by atoms with Gasteiger partial charge in [-0.25, -0.2) is 14.5 Å². The quantitative estimate of drug-likeness (QED) is 0.495. The van der Waals surface area contributed by atoms with Gasteiger partial charge in [0.25, 0.3) is 0 Å². The number of fused-ring (bicyclic) bond motifs is 1. The topological polar surface area (TPSA) is 80.5 Å². The zero-order chi connectivity index (χ0) is 25.7. The summed E-state index contributed by atoms with van der Waals surface area (Å²) in [6.07, 6.45) is -1.28. The molecule has 1 saturated carbocycles. The number of carbonyl (C=O) groups is 1. The van der Waals surface area contributed by atoms with E-state index >= 15 is 0 Å². The van der Waals surface area contributed by atoms with Gasteiger partial charge in [0.15, 0.2) is 16.9 Å². The summed E-state index contributed by atoms with van der Waals surface area (Å²) in [6, 6.07) is 11.2. The lowest BCUT2D eigenvalue weighted by Gasteiger charge is -2.41. The number of carbonyl (C=O) groups excluding carboxylic acids is 1. The third kappa shape index (κ3) is 4.11. The number of hydrogen-bond donors (Lipinski definition) is 1. The van der Waals surface area contributed by atoms with E-state index in [4.69, 9.17) is 9.84 Å². The third-order valence-electron chi connectivity index (χ3n) is 7.74. The van der Waals surface area contributed by atoms with Gasteiger partial charge in [0.2, 0.25) is 0 Å². The van der Waals surface area contributed by atoms with Gasteiger partial charge < -0.3 is 14.7 Å². The van der Waals surface area contributed by atoms with Crippen LogP contribution in [0.15, 0.2) is 36.4 Å². The molecular weight excluding hydrogens is 473 g/mol. The summed E-state index contributed by atoms with van der Waals surface area (Å²) >= 11 is 0. The van der Waals surface area contributed by atoms with Gasteiger partial charge in [-0.2, -0.15) is 18.3 Å². The van der Waals surface area contributed by atoms with Crippen molar-refractivity contribution in [2.75, 3.05) is 25.1 Å². The molecule has 1 aromatic carbocycles. The molecule has 2 aliphatic rings. The number of anilines is 1. The molecule has 0 bridgehead atoms. The fourth-order valence-corrected chi connectivity index (χ4v) is 5.21. The van der Waals surface area contributed by atoms with E-state index in [0.717, 1.165) is 48.6 Å². The molecule has 1 unspecified atom stereocenters. The summed E-state index contributed by atoms with van der Waals surface area (Å²) in [6.45, 7) is 1.46. The lowest BCUT2D eigenvalue weighted by molar-refractivity contribution is -0.273. The van der Waals surface area contributed by atoms with E-state index in [2.05, 4.69) is 4.98 Å². The van der Waals surface area contributed by atoms with Crippen LogP contribution in [0.25, 0.3) is 16.7 Å². The summed E-state index contributed by atoms with van der Waals surface area (Å²) < 4.78 is 47.0. The van der Waals surface area contributed by atoms with Crippen LogP contribution in [0, 0.1) is 5.92 Å². The maximum atomic E-state index is 13.4. The molecule has 1 aliphatic carbocycles. The Bertz CT molecular complexity index is 1260. The fraction of sp³-hybridized carbons (Fsp3) is 0.500. The second-order valence-electron chi connectivity index (χ2n) is 9.88. The smallest absolute Gasteiger partial charge is 0.417 e. The first-order chi connectivity index (χ1) is 17.1. The molecule has 5 rings (SSSR count). The van der Waals surface area contributed by atoms with Crippen molar-refractivity contribution in [3.05, 3.63) is 47.8 Å². The van der Waals surface area contributed by atoms with Crippen molar-refractivity contribution in [1.29, 1.82) is 0 Å². The summed E-state index contributed by atoms with van der Waals surface area (Å²) in [5.41, 5.74) is 0.289. The summed E-state index contributed by atoms with van der Waals surface area (Å²) in [5.74, 6) is -1.26. The maximum absolute atomic E-state index is 13.4. The number of rotatable bonds is 5. The van der Waals surface area contributed by atoms with Crippen LogP contribution in [-0.4, -0.2) is 57.8 Å². The number of hydrogen-bond acceptors (Lipinski definition) is 6. The molecule has 1 aliphatic heterocycles. The third-order valence-corrected chi connectivity index (χ3v) is 7.74. The van der Waals surface area contributed by atoms with Gasteiger partial charge in [0.1, 0.15) is 0 Å². The molecule has 3 heterocycles. The summed E-state index contributed by atoms with van der Waals surface area (Å²) in [7, 11) is 1.28. The van der Waals surface area contributed by atoms with Gasteiger partial charge in [-0.3, -0.25) is 0 Å². The second kappa shape index (κ2) is 9.06. The molecule has 0 amide bonds. The van der Waals surface area contributed by atoms with Crippen LogP contribution in [0.3, 0.4) is 0 Å². The average Bonchev–Trinajstić information content (AvgIpc) is 3.21. The van der Waals surface area contributed by atoms with E-state index in [0.29, 0.717) is 18.7 Å². The van der Waals surface area contributed by atoms with Crippen LogP contribution in [-0.2, 0) is 4.74 Å². The molecule has 2 aromatic heterocycles. The number of benzene rings is 1. The minimum Gasteiger partial charge on any atom is -0.464 e. The molecule has 36 heavy (non-hydrogen) atoms. The Hall–Kier alpha value is -3.14. The maximum Gasteiger partial charge on any atom is 0.417 e. The monoisotopic (exact) mass is 502 g/mol. The molecule has 1 N–H and O–H groups in total. The lowest BCUT2D eigenvalue weighted by Crippen LogP contribution is -2.52. The van der Waals surface area contributed by atoms with Crippen LogP contribution in [0.4, 0.5) is 18.9 Å². The number of alkyl halides is 3. The van der Waals surface area contributed by atoms with Crippen LogP contribution in [0.1, 0.15) is 61.1 Å². The summed E-state index contributed by atoms with van der Waals surface area (Å²) in [4.78, 5) is 19.2. The fourth-order valence-electron chi connectivity index (χ4n) is 5.21. The number of nitrogens with zero attached hydrogens (tertiary/aromatic N) is 4. The van der Waals surface area contributed by atoms with Crippen molar-refractivity contribution in [2.45, 2.75) is 56.7 Å². The normalized spacial score (nSPS) is 19.2. The molecule has 0 spiro atoms. The van der Waals surface area contributed by atoms with Gasteiger partial charge in [-0.15, -0.1) is 0 Å². The van der Waals surface area contributed by atoms with Crippen LogP contribution < -0.4 is 4.90 Å². The Kier molecular flexibility index (Phi) is 6.18. The van der Waals surface area contributed by atoms with Crippen molar-refractivity contribution in [3.8, 4) is 5.69 Å². The zero-order valence-corrected chi connectivity index (χ0v) is 20.3. The number of pyridine rings is 1. The van der Waals surface area contributed by atoms with E-state index in [9.17, 15) is 23.1 Å². The molecule has 10 heteroatoms. The molecule has 0 radical (unpaired) electrons. The van der Waals surface area contributed by atoms with Gasteiger partial charge >= 0.3 is 12.1 Å². The average molecular weight is 503 g/mol. The largest absolute Gasteiger partial charge is 0.464 e. The Morgan fingerprint density at radius 2 is 1.78 bits per heavy atom. The highest BCUT2D eigenvalue weighted by molar-refractivity contribution is 5.99. The number of aromatic nitrogens is 3. The molecular formula is C26H29F3N4O3. The number of esters is 1. The van der Waals surface area contributed by atoms with E-state index in [1.165, 1.54) is 7.11 Å². The van der Waals surface area contributed by atoms with Crippen LogP contribution in [0.5, 0.6) is 0 Å². The SMILES string of the molecule is COC(=O)c1cc(N2CCC(C(C)(O)C(F)(F)F)CC2)c2c(C3CCC3)nn(-c3ccccc3)c2n1. The Labute approximate surface area is 206 Å². The number of piperidine rings is 1. The predicted molar refractivity (Wildman–Crippen MR) is 128 cm³/mol. The molecule has 2 fully saturated rings. The van der Waals surface area contributed by atoms with Crippen molar-refractivity contribution in [3.63, 3.8) is 0 Å². The highest BCUT2D eigenvalue weighted by Gasteiger charge is 2.55. The predicted octanol–water partition coefficient (Wildman–Crippen LogP) is 5.00. The number of halogens is 3. The van der Waals surface area contributed by atoms with Crippen molar-refractivity contribution in [2.24, 2.45) is 5.92 Å². The van der Waals surface area contributed by atoms with Crippen LogP contribution >= 0.6 is 0 Å².